The molecule has 0 bridgehead atoms. The highest BCUT2D eigenvalue weighted by molar-refractivity contribution is 6.00. The molecule has 18 heteroatoms. The molecule has 4 atom stereocenters. The first-order chi connectivity index (χ1) is 30.6. The van der Waals surface area contributed by atoms with Gasteiger partial charge in [-0.1, -0.05) is 96.1 Å². The second-order valence-corrected chi connectivity index (χ2v) is 17.7. The van der Waals surface area contributed by atoms with E-state index in [1.54, 1.807) is 39.0 Å². The smallest absolute Gasteiger partial charge is 0.408 e. The van der Waals surface area contributed by atoms with Gasteiger partial charge in [0, 0.05) is 19.5 Å². The molecular formula is C46H74N6O12. The lowest BCUT2D eigenvalue weighted by atomic mass is 10.0. The number of hydrogen-bond acceptors (Lipinski definition) is 13. The number of aromatic hydroxyl groups is 1. The molecule has 2 unspecified atom stereocenters. The van der Waals surface area contributed by atoms with E-state index in [0.717, 1.165) is 19.3 Å². The number of aliphatic imine (C=N–C) groups is 1. The lowest BCUT2D eigenvalue weighted by molar-refractivity contribution is -0.167. The van der Waals surface area contributed by atoms with E-state index in [4.69, 9.17) is 14.2 Å². The number of benzene rings is 1. The van der Waals surface area contributed by atoms with Crippen molar-refractivity contribution in [2.24, 2.45) is 4.99 Å². The van der Waals surface area contributed by atoms with E-state index in [-0.39, 0.29) is 69.0 Å². The Kier molecular flexibility index (Phi) is 24.0. The first kappa shape index (κ1) is 53.4. The standard InChI is InChI=1S/C46H74N6O12/c1-5-6-7-8-9-10-11-12-13-14-15-16-17-28-39(54)51(60)29-22-21-26-35(48-40(55)36-31-62-42(49-36)33-24-18-19-27-38(33)53)44(58)63-32-37(50-45(59)64-46(2,3)4)41(56)47-34-25-20-23-30-52(61)43(34)57/h18-19,24,27,34-37,53,60-61H,5-17,20-23,25-26,28-32H2,1-4H3,(H,47,56)(H,48,55)(H,50,59)/t34?,35-,36?,37-/m0/s1. The molecule has 64 heavy (non-hydrogen) atoms. The maximum Gasteiger partial charge on any atom is 0.408 e. The molecule has 1 saturated heterocycles. The maximum atomic E-state index is 13.7. The van der Waals surface area contributed by atoms with Gasteiger partial charge in [-0.25, -0.2) is 24.7 Å². The predicted octanol–water partition coefficient (Wildman–Crippen LogP) is 6.21. The van der Waals surface area contributed by atoms with Crippen LogP contribution in [0.2, 0.25) is 0 Å². The first-order valence-electron chi connectivity index (χ1n) is 23.3. The molecule has 0 radical (unpaired) electrons. The molecule has 0 aliphatic carbocycles. The number of ether oxygens (including phenoxy) is 3. The second-order valence-electron chi connectivity index (χ2n) is 17.7. The first-order valence-corrected chi connectivity index (χ1v) is 23.3. The summed E-state index contributed by atoms with van der Waals surface area (Å²) >= 11 is 0. The van der Waals surface area contributed by atoms with Crippen LogP contribution in [0, 0.1) is 0 Å². The number of esters is 1. The lowest BCUT2D eigenvalue weighted by Crippen LogP contribution is -2.56. The van der Waals surface area contributed by atoms with Gasteiger partial charge in [0.2, 0.25) is 23.6 Å². The van der Waals surface area contributed by atoms with Crippen LogP contribution in [0.25, 0.3) is 0 Å². The molecule has 360 valence electrons. The number of hydrogen-bond donors (Lipinski definition) is 6. The highest BCUT2D eigenvalue weighted by Gasteiger charge is 2.35. The molecule has 2 heterocycles. The van der Waals surface area contributed by atoms with Crippen LogP contribution in [0.5, 0.6) is 5.75 Å². The molecule has 18 nitrogen and oxygen atoms in total. The largest absolute Gasteiger partial charge is 0.507 e. The zero-order valence-corrected chi connectivity index (χ0v) is 38.4. The number of alkyl carbamates (subject to hydrolysis) is 1. The third-order valence-corrected chi connectivity index (χ3v) is 11.0. The normalized spacial score (nSPS) is 17.3. The summed E-state index contributed by atoms with van der Waals surface area (Å²) in [5, 5.41) is 39.5. The second kappa shape index (κ2) is 28.7. The molecule has 6 N–H and O–H groups in total. The van der Waals surface area contributed by atoms with Crippen LogP contribution in [-0.2, 0) is 38.2 Å². The summed E-state index contributed by atoms with van der Waals surface area (Å²) in [6.45, 7) is 6.27. The van der Waals surface area contributed by atoms with Crippen molar-refractivity contribution in [2.75, 3.05) is 26.3 Å². The number of carbonyl (C=O) groups is 6. The van der Waals surface area contributed by atoms with Crippen LogP contribution in [0.15, 0.2) is 29.3 Å². The molecule has 3 rings (SSSR count). The molecular weight excluding hydrogens is 829 g/mol. The number of hydroxylamine groups is 4. The summed E-state index contributed by atoms with van der Waals surface area (Å²) in [6.07, 6.45) is 16.3. The highest BCUT2D eigenvalue weighted by atomic mass is 16.6. The molecule has 2 aliphatic rings. The lowest BCUT2D eigenvalue weighted by Gasteiger charge is -2.26. The van der Waals surface area contributed by atoms with Gasteiger partial charge in [-0.05, 0) is 77.8 Å². The third-order valence-electron chi connectivity index (χ3n) is 11.0. The Balaban J connectivity index is 1.58. The third kappa shape index (κ3) is 20.2. The van der Waals surface area contributed by atoms with Crippen molar-refractivity contribution in [3.05, 3.63) is 29.8 Å². The number of amides is 5. The van der Waals surface area contributed by atoms with Gasteiger partial charge in [0.1, 0.15) is 42.7 Å². The summed E-state index contributed by atoms with van der Waals surface area (Å²) in [5.74, 6) is -3.71. The number of unbranched alkanes of at least 4 members (excludes halogenated alkanes) is 13. The number of carbonyl (C=O) groups excluding carboxylic acids is 6. The van der Waals surface area contributed by atoms with E-state index < -0.39 is 72.1 Å². The predicted molar refractivity (Wildman–Crippen MR) is 237 cm³/mol. The molecule has 5 amide bonds. The van der Waals surface area contributed by atoms with E-state index in [2.05, 4.69) is 27.9 Å². The van der Waals surface area contributed by atoms with Crippen LogP contribution in [0.1, 0.15) is 162 Å². The molecule has 0 aromatic heterocycles. The zero-order chi connectivity index (χ0) is 46.9. The summed E-state index contributed by atoms with van der Waals surface area (Å²) in [7, 11) is 0. The SMILES string of the molecule is CCCCCCCCCCCCCCCC(=O)N(O)CCCC[C@H](NC(=O)C1COC(c2ccccc2O)=N1)C(=O)OC[C@H](NC(=O)OC(C)(C)C)C(=O)NC1CCCCN(O)C1=O. The Bertz CT molecular complexity index is 1670. The number of phenolic OH excluding ortho intramolecular Hbond substituents is 1. The van der Waals surface area contributed by atoms with Crippen molar-refractivity contribution < 1.29 is 58.5 Å². The van der Waals surface area contributed by atoms with Crippen molar-refractivity contribution in [1.82, 2.24) is 26.1 Å². The van der Waals surface area contributed by atoms with E-state index in [0.29, 0.717) is 29.4 Å². The van der Waals surface area contributed by atoms with Crippen LogP contribution in [-0.4, -0.2) is 123 Å². The summed E-state index contributed by atoms with van der Waals surface area (Å²) in [6, 6.07) is 1.28. The van der Waals surface area contributed by atoms with Gasteiger partial charge in [0.05, 0.1) is 5.56 Å². The number of nitrogens with one attached hydrogen (secondary N) is 3. The minimum Gasteiger partial charge on any atom is -0.507 e. The minimum absolute atomic E-state index is 0.00560. The molecule has 1 aromatic carbocycles. The Hall–Kier alpha value is -4.97. The fourth-order valence-corrected chi connectivity index (χ4v) is 7.31. The molecule has 1 fully saturated rings. The topological polar surface area (TPSA) is 246 Å². The average Bonchev–Trinajstić information content (AvgIpc) is 3.69. The van der Waals surface area contributed by atoms with E-state index >= 15 is 0 Å². The molecule has 2 aliphatic heterocycles. The monoisotopic (exact) mass is 903 g/mol. The quantitative estimate of drug-likeness (QED) is 0.0238. The fraction of sp³-hybridized carbons (Fsp3) is 0.717. The van der Waals surface area contributed by atoms with Gasteiger partial charge in [-0.2, -0.15) is 0 Å². The van der Waals surface area contributed by atoms with Crippen molar-refractivity contribution in [2.45, 2.75) is 186 Å². The molecule has 0 spiro atoms. The number of rotatable bonds is 28. The average molecular weight is 903 g/mol. The Labute approximate surface area is 378 Å². The molecule has 1 aromatic rings. The Morgan fingerprint density at radius 3 is 2.17 bits per heavy atom. The fourth-order valence-electron chi connectivity index (χ4n) is 7.31. The van der Waals surface area contributed by atoms with Crippen LogP contribution in [0.4, 0.5) is 4.79 Å². The van der Waals surface area contributed by atoms with Gasteiger partial charge < -0.3 is 35.3 Å². The van der Waals surface area contributed by atoms with Crippen molar-refractivity contribution >= 4 is 41.6 Å². The summed E-state index contributed by atoms with van der Waals surface area (Å²) in [5.41, 5.74) is -0.664. The van der Waals surface area contributed by atoms with Crippen molar-refractivity contribution in [3.63, 3.8) is 0 Å². The summed E-state index contributed by atoms with van der Waals surface area (Å²) in [4.78, 5) is 83.2. The van der Waals surface area contributed by atoms with Crippen LogP contribution >= 0.6 is 0 Å². The van der Waals surface area contributed by atoms with E-state index in [9.17, 15) is 44.3 Å². The zero-order valence-electron chi connectivity index (χ0n) is 38.4. The van der Waals surface area contributed by atoms with E-state index in [1.807, 2.05) is 0 Å². The van der Waals surface area contributed by atoms with Gasteiger partial charge in [-0.3, -0.25) is 29.6 Å². The highest BCUT2D eigenvalue weighted by Crippen LogP contribution is 2.22. The van der Waals surface area contributed by atoms with Gasteiger partial charge in [-0.15, -0.1) is 0 Å². The molecule has 0 saturated carbocycles. The van der Waals surface area contributed by atoms with Gasteiger partial charge in [0.15, 0.2) is 6.04 Å². The van der Waals surface area contributed by atoms with Gasteiger partial charge in [0.25, 0.3) is 5.91 Å². The minimum atomic E-state index is -1.55. The number of nitrogens with zero attached hydrogens (tertiary/aromatic N) is 3. The van der Waals surface area contributed by atoms with Crippen molar-refractivity contribution in [1.29, 1.82) is 0 Å². The van der Waals surface area contributed by atoms with Crippen LogP contribution in [0.3, 0.4) is 0 Å². The summed E-state index contributed by atoms with van der Waals surface area (Å²) < 4.78 is 16.4. The number of phenols is 1. The van der Waals surface area contributed by atoms with Gasteiger partial charge >= 0.3 is 12.1 Å². The van der Waals surface area contributed by atoms with Crippen molar-refractivity contribution in [3.8, 4) is 5.75 Å². The number of para-hydroxylation sites is 1. The maximum absolute atomic E-state index is 13.7. The Morgan fingerprint density at radius 1 is 0.891 bits per heavy atom. The van der Waals surface area contributed by atoms with Crippen LogP contribution < -0.4 is 16.0 Å². The van der Waals surface area contributed by atoms with E-state index in [1.165, 1.54) is 63.9 Å². The Morgan fingerprint density at radius 2 is 1.53 bits per heavy atom.